The quantitative estimate of drug-likeness (QED) is 0.465. The van der Waals surface area contributed by atoms with E-state index in [-0.39, 0.29) is 34.8 Å². The van der Waals surface area contributed by atoms with Gasteiger partial charge in [-0.15, -0.1) is 0 Å². The van der Waals surface area contributed by atoms with E-state index in [1.54, 1.807) is 0 Å². The van der Waals surface area contributed by atoms with Gasteiger partial charge in [0.2, 0.25) is 0 Å². The van der Waals surface area contributed by atoms with Crippen LogP contribution >= 0.6 is 0 Å². The molecule has 0 aromatic heterocycles. The number of hydrogen-bond acceptors (Lipinski definition) is 3. The van der Waals surface area contributed by atoms with E-state index in [1.807, 2.05) is 18.2 Å². The van der Waals surface area contributed by atoms with Crippen LogP contribution in [0.3, 0.4) is 0 Å². The van der Waals surface area contributed by atoms with Crippen LogP contribution in [0.25, 0.3) is 0 Å². The van der Waals surface area contributed by atoms with Gasteiger partial charge in [-0.3, -0.25) is 9.11 Å². The third-order valence-corrected chi connectivity index (χ3v) is 3.68. The number of nitrogens with zero attached hydrogens (tertiary/aromatic N) is 1. The van der Waals surface area contributed by atoms with Crippen LogP contribution in [0, 0.1) is 0 Å². The molecule has 1 aromatic carbocycles. The van der Waals surface area contributed by atoms with Gasteiger partial charge in [0.05, 0.1) is 0 Å². The second kappa shape index (κ2) is 6.89. The van der Waals surface area contributed by atoms with E-state index >= 15 is 0 Å². The maximum Gasteiger partial charge on any atom is 1.00 e. The first kappa shape index (κ1) is 14.4. The Morgan fingerprint density at radius 2 is 2.06 bits per heavy atom. The zero-order chi connectivity index (χ0) is 10.7. The average Bonchev–Trinajstić information content (AvgIpc) is 2.68. The van der Waals surface area contributed by atoms with E-state index in [1.165, 1.54) is 5.56 Å². The van der Waals surface area contributed by atoms with Crippen LogP contribution in [0.15, 0.2) is 30.3 Å². The molecule has 1 aliphatic rings. The first-order valence-corrected chi connectivity index (χ1v) is 6.24. The number of rotatable bonds is 3. The third kappa shape index (κ3) is 3.95. The van der Waals surface area contributed by atoms with Gasteiger partial charge >= 0.3 is 29.6 Å². The molecular weight excluding hydrogens is 233 g/mol. The minimum atomic E-state index is -1.91. The molecule has 0 spiro atoms. The molecule has 2 atom stereocenters. The molecule has 1 aliphatic heterocycles. The molecule has 2 rings (SSSR count). The summed E-state index contributed by atoms with van der Waals surface area (Å²) < 4.78 is 21.5. The van der Waals surface area contributed by atoms with Gasteiger partial charge < -0.3 is 4.55 Å². The zero-order valence-electron chi connectivity index (χ0n) is 9.46. The Bertz CT molecular complexity index is 347. The van der Waals surface area contributed by atoms with Crippen molar-refractivity contribution < 1.29 is 38.3 Å². The Balaban J connectivity index is 0.00000128. The van der Waals surface area contributed by atoms with Crippen molar-refractivity contribution in [2.75, 3.05) is 13.1 Å². The summed E-state index contributed by atoms with van der Waals surface area (Å²) in [6.45, 7) is 2.41. The van der Waals surface area contributed by atoms with Crippen molar-refractivity contribution in [2.45, 2.75) is 18.2 Å². The van der Waals surface area contributed by atoms with Gasteiger partial charge in [-0.05, 0) is 18.5 Å². The summed E-state index contributed by atoms with van der Waals surface area (Å²) in [5.74, 6) is 0. The van der Waals surface area contributed by atoms with Crippen molar-refractivity contribution in [3.8, 4) is 0 Å². The average molecular weight is 247 g/mol. The molecule has 5 heteroatoms. The van der Waals surface area contributed by atoms with Crippen LogP contribution in [-0.2, 0) is 17.6 Å². The Hall–Kier alpha value is 0.290. The van der Waals surface area contributed by atoms with Crippen LogP contribution in [-0.4, -0.2) is 32.0 Å². The largest absolute Gasteiger partial charge is 1.00 e. The van der Waals surface area contributed by atoms with Gasteiger partial charge in [0, 0.05) is 18.3 Å². The Labute approximate surface area is 121 Å². The van der Waals surface area contributed by atoms with Crippen LogP contribution in [0.4, 0.5) is 0 Å². The van der Waals surface area contributed by atoms with Crippen molar-refractivity contribution in [1.29, 1.82) is 0 Å². The van der Waals surface area contributed by atoms with E-state index in [4.69, 9.17) is 0 Å². The molecule has 0 saturated carbocycles. The van der Waals surface area contributed by atoms with Crippen molar-refractivity contribution in [3.05, 3.63) is 35.9 Å². The number of hydrogen-bond donors (Lipinski definition) is 0. The fourth-order valence-electron chi connectivity index (χ4n) is 1.94. The topological polar surface area (TPSA) is 43.4 Å². The Morgan fingerprint density at radius 1 is 1.38 bits per heavy atom. The molecule has 1 saturated heterocycles. The second-order valence-electron chi connectivity index (χ2n) is 3.89. The summed E-state index contributed by atoms with van der Waals surface area (Å²) in [5.41, 5.74) is 1.25. The predicted octanol–water partition coefficient (Wildman–Crippen LogP) is -1.86. The summed E-state index contributed by atoms with van der Waals surface area (Å²) in [4.78, 5) is 2.19. The minimum Gasteiger partial charge on any atom is -0.772 e. The van der Waals surface area contributed by atoms with Crippen LogP contribution in [0.5, 0.6) is 0 Å². The van der Waals surface area contributed by atoms with Crippen molar-refractivity contribution in [1.82, 2.24) is 4.90 Å². The van der Waals surface area contributed by atoms with Crippen LogP contribution in [0.2, 0.25) is 0 Å². The van der Waals surface area contributed by atoms with E-state index in [9.17, 15) is 8.76 Å². The monoisotopic (exact) mass is 247 g/mol. The molecule has 0 radical (unpaired) electrons. The van der Waals surface area contributed by atoms with Gasteiger partial charge in [-0.1, -0.05) is 41.4 Å². The molecule has 0 aliphatic carbocycles. The van der Waals surface area contributed by atoms with Gasteiger partial charge in [0.25, 0.3) is 0 Å². The normalized spacial score (nSPS) is 22.7. The van der Waals surface area contributed by atoms with E-state index in [2.05, 4.69) is 17.0 Å². The molecule has 1 fully saturated rings. The van der Waals surface area contributed by atoms with E-state index in [0.29, 0.717) is 6.54 Å². The Kier molecular flexibility index (Phi) is 6.18. The van der Waals surface area contributed by atoms with E-state index in [0.717, 1.165) is 19.5 Å². The molecule has 0 N–H and O–H groups in total. The third-order valence-electron chi connectivity index (χ3n) is 2.75. The van der Waals surface area contributed by atoms with Crippen LogP contribution < -0.4 is 29.6 Å². The first-order chi connectivity index (χ1) is 7.25. The molecule has 0 amide bonds. The van der Waals surface area contributed by atoms with Gasteiger partial charge in [-0.25, -0.2) is 0 Å². The standard InChI is InChI=1S/C11H15NO2S.Na/c13-15(14)11-6-7-12(9-11)8-10-4-2-1-3-5-10;/h1-5,11H,6-9H2,(H,13,14);/q;+1/p-1. The molecular formula is C11H14NNaO2S. The van der Waals surface area contributed by atoms with Gasteiger partial charge in [0.1, 0.15) is 0 Å². The molecule has 82 valence electrons. The fourth-order valence-corrected chi connectivity index (χ4v) is 2.57. The molecule has 1 heterocycles. The van der Waals surface area contributed by atoms with Gasteiger partial charge in [0.15, 0.2) is 0 Å². The fraction of sp³-hybridized carbons (Fsp3) is 0.455. The number of benzene rings is 1. The first-order valence-electron chi connectivity index (χ1n) is 5.10. The smallest absolute Gasteiger partial charge is 0.772 e. The zero-order valence-corrected chi connectivity index (χ0v) is 12.3. The molecule has 0 bridgehead atoms. The number of likely N-dealkylation sites (tertiary alicyclic amines) is 1. The maximum absolute atomic E-state index is 10.8. The molecule has 2 unspecified atom stereocenters. The molecule has 1 aromatic rings. The molecule has 3 nitrogen and oxygen atoms in total. The minimum absolute atomic E-state index is 0. The Morgan fingerprint density at radius 3 is 2.62 bits per heavy atom. The SMILES string of the molecule is O=S([O-])C1CCN(Cc2ccccc2)C1.[Na+]. The predicted molar refractivity (Wildman–Crippen MR) is 59.0 cm³/mol. The summed E-state index contributed by atoms with van der Waals surface area (Å²) in [6, 6.07) is 10.1. The second-order valence-corrected chi connectivity index (χ2v) is 5.08. The van der Waals surface area contributed by atoms with Crippen molar-refractivity contribution >= 4 is 11.1 Å². The van der Waals surface area contributed by atoms with Crippen LogP contribution in [0.1, 0.15) is 12.0 Å². The summed E-state index contributed by atoms with van der Waals surface area (Å²) in [6.07, 6.45) is 0.767. The van der Waals surface area contributed by atoms with Gasteiger partial charge in [-0.2, -0.15) is 0 Å². The van der Waals surface area contributed by atoms with Crippen molar-refractivity contribution in [3.63, 3.8) is 0 Å². The summed E-state index contributed by atoms with van der Waals surface area (Å²) >= 11 is -1.91. The summed E-state index contributed by atoms with van der Waals surface area (Å²) in [5, 5.41) is -0.172. The van der Waals surface area contributed by atoms with Crippen molar-refractivity contribution in [2.24, 2.45) is 0 Å². The molecule has 16 heavy (non-hydrogen) atoms. The maximum atomic E-state index is 10.8. The van der Waals surface area contributed by atoms with E-state index < -0.39 is 11.1 Å². The summed E-state index contributed by atoms with van der Waals surface area (Å²) in [7, 11) is 0.